The van der Waals surface area contributed by atoms with Gasteiger partial charge in [-0.2, -0.15) is 13.2 Å². The average Bonchev–Trinajstić information content (AvgIpc) is 2.43. The van der Waals surface area contributed by atoms with E-state index >= 15 is 0 Å². The molecule has 0 saturated carbocycles. The van der Waals surface area contributed by atoms with Crippen molar-refractivity contribution in [2.24, 2.45) is 0 Å². The molecule has 0 unspecified atom stereocenters. The van der Waals surface area contributed by atoms with Gasteiger partial charge >= 0.3 is 35.7 Å². The van der Waals surface area contributed by atoms with Crippen LogP contribution in [0, 0.1) is 0 Å². The van der Waals surface area contributed by atoms with E-state index in [2.05, 4.69) is 0 Å². The zero-order chi connectivity index (χ0) is 15.8. The second-order valence-corrected chi connectivity index (χ2v) is 4.81. The Morgan fingerprint density at radius 3 is 2.36 bits per heavy atom. The minimum Gasteiger partial charge on any atom is -0.545 e. The Hall–Kier alpha value is -0.980. The molecule has 0 bridgehead atoms. The van der Waals surface area contributed by atoms with E-state index in [-0.39, 0.29) is 35.3 Å². The van der Waals surface area contributed by atoms with Gasteiger partial charge in [0.2, 0.25) is 6.10 Å². The number of carbonyl (C=O) groups is 1. The van der Waals surface area contributed by atoms with E-state index in [0.717, 1.165) is 11.6 Å². The van der Waals surface area contributed by atoms with Crippen LogP contribution in [-0.4, -0.2) is 18.2 Å². The summed E-state index contributed by atoms with van der Waals surface area (Å²) in [5.74, 6) is -1.77. The van der Waals surface area contributed by atoms with Gasteiger partial charge in [-0.05, 0) is 36.1 Å². The van der Waals surface area contributed by atoms with Crippen LogP contribution in [0.1, 0.15) is 30.5 Å². The third-order valence-corrected chi connectivity index (χ3v) is 3.41. The third-order valence-electron chi connectivity index (χ3n) is 3.41. The van der Waals surface area contributed by atoms with Gasteiger partial charge in [-0.1, -0.05) is 19.9 Å². The van der Waals surface area contributed by atoms with Crippen molar-refractivity contribution in [1.29, 1.82) is 0 Å². The number of benzene rings is 1. The summed E-state index contributed by atoms with van der Waals surface area (Å²) in [7, 11) is 0. The van der Waals surface area contributed by atoms with E-state index in [0.29, 0.717) is 24.0 Å². The molecule has 1 aromatic carbocycles. The molecule has 1 aromatic rings. The normalized spacial score (nSPS) is 17.0. The smallest absolute Gasteiger partial charge is 0.545 e. The number of hydrogen-bond donors (Lipinski definition) is 0. The maximum atomic E-state index is 13.0. The number of carboxylic acids is 1. The summed E-state index contributed by atoms with van der Waals surface area (Å²) in [5.41, 5.74) is 0.997. The first-order chi connectivity index (χ1) is 9.77. The van der Waals surface area contributed by atoms with Crippen molar-refractivity contribution in [3.05, 3.63) is 34.4 Å². The summed E-state index contributed by atoms with van der Waals surface area (Å²) in [6.45, 7) is 3.71. The minimum absolute atomic E-state index is 0. The van der Waals surface area contributed by atoms with Gasteiger partial charge in [0, 0.05) is 11.1 Å². The first kappa shape index (κ1) is 19.1. The molecule has 0 fully saturated rings. The number of alkyl halides is 3. The van der Waals surface area contributed by atoms with E-state index < -0.39 is 23.8 Å². The average molecular weight is 322 g/mol. The maximum Gasteiger partial charge on any atom is 1.00 e. The van der Waals surface area contributed by atoms with Gasteiger partial charge in [-0.25, -0.2) is 0 Å². The Morgan fingerprint density at radius 2 is 1.91 bits per heavy atom. The molecule has 0 saturated heterocycles. The van der Waals surface area contributed by atoms with Gasteiger partial charge in [0.15, 0.2) is 0 Å². The molecule has 0 aromatic heterocycles. The first-order valence-electron chi connectivity index (χ1n) is 6.60. The topological polar surface area (TPSA) is 49.4 Å². The quantitative estimate of drug-likeness (QED) is 0.690. The van der Waals surface area contributed by atoms with E-state index in [1.807, 2.05) is 6.92 Å². The number of carboxylic acid groups (broad SMARTS) is 1. The van der Waals surface area contributed by atoms with Crippen LogP contribution in [-0.2, 0) is 17.6 Å². The Balaban J connectivity index is 0.00000242. The summed E-state index contributed by atoms with van der Waals surface area (Å²) in [5, 5.41) is 11.0. The molecule has 7 heteroatoms. The minimum atomic E-state index is -4.81. The summed E-state index contributed by atoms with van der Waals surface area (Å²) < 4.78 is 43.9. The molecule has 3 nitrogen and oxygen atoms in total. The predicted molar refractivity (Wildman–Crippen MR) is 68.7 cm³/mol. The monoisotopic (exact) mass is 322 g/mol. The molecule has 0 amide bonds. The van der Waals surface area contributed by atoms with E-state index in [1.165, 1.54) is 0 Å². The number of aliphatic carboxylic acids is 1. The summed E-state index contributed by atoms with van der Waals surface area (Å²) in [6.07, 6.45) is -5.11. The van der Waals surface area contributed by atoms with Crippen LogP contribution in [0.3, 0.4) is 0 Å². The first-order valence-corrected chi connectivity index (χ1v) is 6.60. The van der Waals surface area contributed by atoms with E-state index in [4.69, 9.17) is 4.74 Å². The summed E-state index contributed by atoms with van der Waals surface area (Å²) in [6, 6.07) is 3.42. The SMILES string of the molecule is CCc1cc2c(c(CC)c1)O[C@@H](C(F)(F)F)C(C(=O)[O-])=C2.[Na+]. The molecule has 1 atom stereocenters. The van der Waals surface area contributed by atoms with Crippen LogP contribution in [0.4, 0.5) is 13.2 Å². The van der Waals surface area contributed by atoms with Crippen molar-refractivity contribution >= 4 is 12.0 Å². The van der Waals surface area contributed by atoms with Crippen molar-refractivity contribution in [2.45, 2.75) is 39.0 Å². The largest absolute Gasteiger partial charge is 1.00 e. The molecule has 1 heterocycles. The molecule has 1 aliphatic heterocycles. The van der Waals surface area contributed by atoms with Crippen LogP contribution in [0.15, 0.2) is 17.7 Å². The molecule has 0 radical (unpaired) electrons. The van der Waals surface area contributed by atoms with Crippen LogP contribution >= 0.6 is 0 Å². The van der Waals surface area contributed by atoms with Gasteiger partial charge in [-0.15, -0.1) is 0 Å². The van der Waals surface area contributed by atoms with Gasteiger partial charge in [0.25, 0.3) is 0 Å². The van der Waals surface area contributed by atoms with E-state index in [1.54, 1.807) is 19.1 Å². The number of hydrogen-bond acceptors (Lipinski definition) is 3. The molecule has 114 valence electrons. The van der Waals surface area contributed by atoms with Gasteiger partial charge in [0.1, 0.15) is 5.75 Å². The van der Waals surface area contributed by atoms with Crippen molar-refractivity contribution in [1.82, 2.24) is 0 Å². The third kappa shape index (κ3) is 3.67. The Labute approximate surface area is 148 Å². The van der Waals surface area contributed by atoms with Gasteiger partial charge in [-0.3, -0.25) is 0 Å². The molecular formula is C15H14F3NaO3. The fraction of sp³-hybridized carbons (Fsp3) is 0.400. The fourth-order valence-electron chi connectivity index (χ4n) is 2.33. The molecular weight excluding hydrogens is 308 g/mol. The van der Waals surface area contributed by atoms with Crippen LogP contribution < -0.4 is 39.4 Å². The van der Waals surface area contributed by atoms with Crippen molar-refractivity contribution in [3.8, 4) is 5.75 Å². The number of carbonyl (C=O) groups excluding carboxylic acids is 1. The molecule has 0 N–H and O–H groups in total. The Bertz CT molecular complexity index is 609. The molecule has 0 spiro atoms. The van der Waals surface area contributed by atoms with Crippen LogP contribution in [0.2, 0.25) is 0 Å². The maximum absolute atomic E-state index is 13.0. The van der Waals surface area contributed by atoms with Crippen LogP contribution in [0.5, 0.6) is 5.75 Å². The van der Waals surface area contributed by atoms with Gasteiger partial charge in [0.05, 0.1) is 5.97 Å². The number of rotatable bonds is 3. The molecule has 22 heavy (non-hydrogen) atoms. The predicted octanol–water partition coefficient (Wildman–Crippen LogP) is -0.728. The summed E-state index contributed by atoms with van der Waals surface area (Å²) in [4.78, 5) is 11.0. The van der Waals surface area contributed by atoms with Crippen LogP contribution in [0.25, 0.3) is 6.08 Å². The number of fused-ring (bicyclic) bond motifs is 1. The second-order valence-electron chi connectivity index (χ2n) is 4.81. The Kier molecular flexibility index (Phi) is 6.12. The summed E-state index contributed by atoms with van der Waals surface area (Å²) >= 11 is 0. The number of aryl methyl sites for hydroxylation is 2. The van der Waals surface area contributed by atoms with E-state index in [9.17, 15) is 23.1 Å². The number of ether oxygens (including phenoxy) is 1. The molecule has 2 rings (SSSR count). The number of halogens is 3. The fourth-order valence-corrected chi connectivity index (χ4v) is 2.33. The second kappa shape index (κ2) is 7.06. The standard InChI is InChI=1S/C15H15F3O3.Na/c1-3-8-5-9(4-2)12-10(6-8)7-11(14(19)20)13(21-12)15(16,17)18;/h5-7,13H,3-4H2,1-2H3,(H,19,20);/q;+1/p-1/t13-;/m1./s1. The zero-order valence-electron chi connectivity index (χ0n) is 12.6. The van der Waals surface area contributed by atoms with Crippen molar-refractivity contribution in [3.63, 3.8) is 0 Å². The zero-order valence-corrected chi connectivity index (χ0v) is 14.6. The molecule has 0 aliphatic carbocycles. The van der Waals surface area contributed by atoms with Gasteiger partial charge < -0.3 is 14.6 Å². The van der Waals surface area contributed by atoms with Crippen molar-refractivity contribution < 1.29 is 57.4 Å². The molecule has 1 aliphatic rings. The Morgan fingerprint density at radius 1 is 1.27 bits per heavy atom. The van der Waals surface area contributed by atoms with Crippen molar-refractivity contribution in [2.75, 3.05) is 0 Å².